The van der Waals surface area contributed by atoms with Crippen LogP contribution in [0.5, 0.6) is 5.75 Å². The molecule has 3 saturated heterocycles. The molecular weight excluding hydrogens is 744 g/mol. The highest BCUT2D eigenvalue weighted by Gasteiger charge is 2.46. The van der Waals surface area contributed by atoms with Crippen molar-refractivity contribution >= 4 is 46.8 Å². The van der Waals surface area contributed by atoms with Crippen LogP contribution in [0.4, 0.5) is 5.69 Å². The van der Waals surface area contributed by atoms with Crippen molar-refractivity contribution in [1.29, 1.82) is 5.26 Å². The van der Waals surface area contributed by atoms with E-state index in [0.29, 0.717) is 39.8 Å². The van der Waals surface area contributed by atoms with Crippen LogP contribution < -0.4 is 20.3 Å². The molecule has 4 aliphatic rings. The second-order valence-corrected chi connectivity index (χ2v) is 15.2. The van der Waals surface area contributed by atoms with Gasteiger partial charge in [-0.1, -0.05) is 49.8 Å². The van der Waals surface area contributed by atoms with E-state index in [1.54, 1.807) is 36.4 Å². The number of piperidine rings is 3. The molecule has 0 bridgehead atoms. The number of imide groups is 2. The van der Waals surface area contributed by atoms with E-state index in [4.69, 9.17) is 21.6 Å². The summed E-state index contributed by atoms with van der Waals surface area (Å²) in [5.41, 5.74) is 3.09. The summed E-state index contributed by atoms with van der Waals surface area (Å²) in [6, 6.07) is 18.2. The van der Waals surface area contributed by atoms with Crippen molar-refractivity contribution in [3.63, 3.8) is 0 Å². The van der Waals surface area contributed by atoms with Gasteiger partial charge in [0.1, 0.15) is 17.9 Å². The van der Waals surface area contributed by atoms with Crippen LogP contribution in [-0.2, 0) is 9.59 Å². The number of ether oxygens (including phenoxy) is 1. The number of amides is 5. The maximum atomic E-state index is 13.6. The van der Waals surface area contributed by atoms with E-state index in [1.165, 1.54) is 12.5 Å². The van der Waals surface area contributed by atoms with Crippen LogP contribution >= 0.6 is 11.6 Å². The highest BCUT2D eigenvalue weighted by Crippen LogP contribution is 2.36. The van der Waals surface area contributed by atoms with Crippen LogP contribution in [0, 0.1) is 35.0 Å². The molecule has 57 heavy (non-hydrogen) atoms. The van der Waals surface area contributed by atoms with Gasteiger partial charge in [0, 0.05) is 49.2 Å². The smallest absolute Gasteiger partial charge is 0.264 e. The Kier molecular flexibility index (Phi) is 13.6. The zero-order valence-corrected chi connectivity index (χ0v) is 33.1. The number of carbonyl (C=O) groups excluding carboxylic acids is 5. The fourth-order valence-electron chi connectivity index (χ4n) is 7.60. The average Bonchev–Trinajstić information content (AvgIpc) is 3.47. The summed E-state index contributed by atoms with van der Waals surface area (Å²) in [6.07, 6.45) is 5.39. The zero-order chi connectivity index (χ0) is 40.5. The highest BCUT2D eigenvalue weighted by molar-refractivity contribution is 6.31. The van der Waals surface area contributed by atoms with Gasteiger partial charge < -0.3 is 19.9 Å². The third kappa shape index (κ3) is 9.83. The molecule has 5 amide bonds. The summed E-state index contributed by atoms with van der Waals surface area (Å²) in [5, 5.41) is 14.2. The molecule has 1 atom stereocenters. The molecule has 0 radical (unpaired) electrons. The van der Waals surface area contributed by atoms with Crippen LogP contribution in [0.3, 0.4) is 0 Å². The molecule has 296 valence electrons. The number of halogens is 1. The van der Waals surface area contributed by atoms with E-state index in [2.05, 4.69) is 46.1 Å². The van der Waals surface area contributed by atoms with Gasteiger partial charge in [-0.2, -0.15) is 5.26 Å². The van der Waals surface area contributed by atoms with Gasteiger partial charge >= 0.3 is 0 Å². The molecule has 13 heteroatoms. The van der Waals surface area contributed by atoms with Crippen molar-refractivity contribution in [2.45, 2.75) is 64.8 Å². The van der Waals surface area contributed by atoms with Gasteiger partial charge in [0.15, 0.2) is 6.73 Å². The van der Waals surface area contributed by atoms with Gasteiger partial charge in [0.2, 0.25) is 11.8 Å². The molecule has 2 N–H and O–H groups in total. The molecule has 12 nitrogen and oxygen atoms in total. The summed E-state index contributed by atoms with van der Waals surface area (Å²) in [7, 11) is 0. The maximum Gasteiger partial charge on any atom is 0.264 e. The monoisotopic (exact) mass is 790 g/mol. The number of likely N-dealkylation sites (tertiary alicyclic amines) is 1. The maximum absolute atomic E-state index is 13.6. The number of benzene rings is 3. The molecule has 4 aliphatic heterocycles. The third-order valence-electron chi connectivity index (χ3n) is 10.6. The Morgan fingerprint density at radius 2 is 1.65 bits per heavy atom. The molecule has 3 aromatic carbocycles. The van der Waals surface area contributed by atoms with Crippen molar-refractivity contribution in [1.82, 2.24) is 20.4 Å². The number of hydrogen-bond acceptors (Lipinski definition) is 9. The van der Waals surface area contributed by atoms with Gasteiger partial charge in [0.25, 0.3) is 17.7 Å². The van der Waals surface area contributed by atoms with Gasteiger partial charge in [-0.3, -0.25) is 34.2 Å². The largest absolute Gasteiger partial charge is 0.473 e. The second-order valence-electron chi connectivity index (χ2n) is 14.8. The van der Waals surface area contributed by atoms with Gasteiger partial charge in [-0.05, 0) is 99.6 Å². The molecule has 0 aliphatic carbocycles. The summed E-state index contributed by atoms with van der Waals surface area (Å²) >= 11 is 6.03. The Morgan fingerprint density at radius 1 is 0.930 bits per heavy atom. The normalized spacial score (nSPS) is 18.7. The van der Waals surface area contributed by atoms with Crippen LogP contribution in [0.2, 0.25) is 5.02 Å². The van der Waals surface area contributed by atoms with Crippen molar-refractivity contribution < 1.29 is 28.7 Å². The SMILES string of the molecule is CCC.N#Cc1ccc(OCNC(=O)c2ccc(C#CC3CCN(CC4CCN(c5cccc6c5C(=O)N(C5CCC(=O)NC5=O)C6=O)CC4)CC3)cc2)cc1Cl. The quantitative estimate of drug-likeness (QED) is 0.165. The van der Waals surface area contributed by atoms with E-state index in [1.807, 2.05) is 24.3 Å². The standard InChI is InChI=1S/C41H39ClN6O6.C3H8/c42-33-22-31(11-10-30(33)23-43)54-25-44-38(50)29-8-6-26(7-9-29)4-5-27-14-18-46(19-15-27)24-28-16-20-47(21-17-28)34-3-1-2-32-37(34)41(53)48(40(32)52)35-12-13-36(49)45-39(35)51;1-3-2/h1-3,6-11,22,27-28,35H,12-21,24-25H2,(H,44,50)(H,45,49,51);3H2,1-2H3. The predicted molar refractivity (Wildman–Crippen MR) is 216 cm³/mol. The lowest BCUT2D eigenvalue weighted by Gasteiger charge is -2.38. The van der Waals surface area contributed by atoms with Crippen molar-refractivity contribution in [2.24, 2.45) is 11.8 Å². The van der Waals surface area contributed by atoms with Crippen molar-refractivity contribution in [3.8, 4) is 23.7 Å². The lowest BCUT2D eigenvalue weighted by Crippen LogP contribution is -2.54. The molecule has 0 saturated carbocycles. The molecule has 4 heterocycles. The first-order chi connectivity index (χ1) is 27.6. The molecule has 0 aromatic heterocycles. The minimum atomic E-state index is -0.980. The first-order valence-corrected chi connectivity index (χ1v) is 20.0. The molecular formula is C44H47ClN6O6. The van der Waals surface area contributed by atoms with E-state index < -0.39 is 29.7 Å². The zero-order valence-electron chi connectivity index (χ0n) is 32.3. The number of nitrogens with zero attached hydrogens (tertiary/aromatic N) is 4. The molecule has 7 rings (SSSR count). The molecule has 0 spiro atoms. The van der Waals surface area contributed by atoms with Crippen molar-refractivity contribution in [2.75, 3.05) is 44.4 Å². The van der Waals surface area contributed by atoms with Crippen LogP contribution in [0.1, 0.15) is 101 Å². The summed E-state index contributed by atoms with van der Waals surface area (Å²) < 4.78 is 5.53. The van der Waals surface area contributed by atoms with E-state index in [9.17, 15) is 24.0 Å². The van der Waals surface area contributed by atoms with Crippen LogP contribution in [0.15, 0.2) is 60.7 Å². The Balaban J connectivity index is 0.00000177. The highest BCUT2D eigenvalue weighted by atomic mass is 35.5. The second kappa shape index (κ2) is 19.0. The Morgan fingerprint density at radius 3 is 2.32 bits per heavy atom. The Hall–Kier alpha value is -5.69. The number of anilines is 1. The number of fused-ring (bicyclic) bond motifs is 1. The third-order valence-corrected chi connectivity index (χ3v) is 10.9. The molecule has 1 unspecified atom stereocenters. The Bertz CT molecular complexity index is 2110. The fourth-order valence-corrected chi connectivity index (χ4v) is 7.81. The number of rotatable bonds is 8. The number of nitriles is 1. The molecule has 3 fully saturated rings. The first kappa shape index (κ1) is 41.0. The van der Waals surface area contributed by atoms with Gasteiger partial charge in [-0.25, -0.2) is 0 Å². The Labute approximate surface area is 338 Å². The van der Waals surface area contributed by atoms with Gasteiger partial charge in [-0.15, -0.1) is 0 Å². The lowest BCUT2D eigenvalue weighted by atomic mass is 9.92. The van der Waals surface area contributed by atoms with Crippen LogP contribution in [-0.4, -0.2) is 84.8 Å². The molecule has 3 aromatic rings. The average molecular weight is 791 g/mol. The van der Waals surface area contributed by atoms with E-state index in [-0.39, 0.29) is 30.5 Å². The van der Waals surface area contributed by atoms with E-state index in [0.717, 1.165) is 74.6 Å². The summed E-state index contributed by atoms with van der Waals surface area (Å²) in [4.78, 5) is 69.3. The summed E-state index contributed by atoms with van der Waals surface area (Å²) in [6.45, 7) is 8.71. The predicted octanol–water partition coefficient (Wildman–Crippen LogP) is 5.78. The number of hydrogen-bond donors (Lipinski definition) is 2. The van der Waals surface area contributed by atoms with Crippen molar-refractivity contribution in [3.05, 3.63) is 93.5 Å². The number of nitrogens with one attached hydrogen (secondary N) is 2. The van der Waals surface area contributed by atoms with Crippen LogP contribution in [0.25, 0.3) is 0 Å². The minimum absolute atomic E-state index is 0.0459. The summed E-state index contributed by atoms with van der Waals surface area (Å²) in [5.74, 6) is 5.76. The fraction of sp³-hybridized carbons (Fsp3) is 0.409. The van der Waals surface area contributed by atoms with Gasteiger partial charge in [0.05, 0.1) is 27.4 Å². The van der Waals surface area contributed by atoms with E-state index >= 15 is 0 Å². The first-order valence-electron chi connectivity index (χ1n) is 19.6. The number of carbonyl (C=O) groups is 5. The topological polar surface area (TPSA) is 152 Å². The minimum Gasteiger partial charge on any atom is -0.473 e. The lowest BCUT2D eigenvalue weighted by molar-refractivity contribution is -0.136.